The number of hydrogen-bond donors (Lipinski definition) is 4. The van der Waals surface area contributed by atoms with Crippen molar-refractivity contribution in [2.45, 2.75) is 81.3 Å². The topological polar surface area (TPSA) is 104 Å². The molecule has 3 saturated carbocycles. The first-order valence-electron chi connectivity index (χ1n) is 10.9. The van der Waals surface area contributed by atoms with E-state index in [1.54, 1.807) is 6.07 Å². The van der Waals surface area contributed by atoms with Gasteiger partial charge in [-0.05, 0) is 74.3 Å². The number of fused-ring (bicyclic) bond motifs is 1. The summed E-state index contributed by atoms with van der Waals surface area (Å²) in [6.45, 7) is 0. The van der Waals surface area contributed by atoms with Gasteiger partial charge in [0, 0.05) is 11.0 Å². The van der Waals surface area contributed by atoms with E-state index in [2.05, 4.69) is 0 Å². The van der Waals surface area contributed by atoms with Gasteiger partial charge in [0.25, 0.3) is 5.91 Å². The quantitative estimate of drug-likeness (QED) is 0.642. The van der Waals surface area contributed by atoms with Gasteiger partial charge in [-0.25, -0.2) is 0 Å². The highest BCUT2D eigenvalue weighted by Gasteiger charge is 2.65. The van der Waals surface area contributed by atoms with Gasteiger partial charge in [-0.15, -0.1) is 0 Å². The average Bonchev–Trinajstić information content (AvgIpc) is 2.59. The lowest BCUT2D eigenvalue weighted by Crippen LogP contribution is -2.67. The third-order valence-electron chi connectivity index (χ3n) is 8.70. The molecule has 0 saturated heterocycles. The van der Waals surface area contributed by atoms with E-state index in [-0.39, 0.29) is 17.2 Å². The largest absolute Gasteiger partial charge is 0.507 e. The zero-order chi connectivity index (χ0) is 19.7. The molecule has 5 rings (SSSR count). The average molecular weight is 386 g/mol. The SMILES string of the molecule is NC(=O)c1ccc2c(c1O)[C@]13CCC(CC4CCC4)[C@H](C2)[C@]1(O)CCC(O)C3. The number of carbonyl (C=O) groups is 1. The maximum atomic E-state index is 12.1. The van der Waals surface area contributed by atoms with E-state index in [0.29, 0.717) is 30.7 Å². The predicted molar refractivity (Wildman–Crippen MR) is 105 cm³/mol. The highest BCUT2D eigenvalue weighted by molar-refractivity contribution is 5.96. The molecule has 4 aliphatic carbocycles. The van der Waals surface area contributed by atoms with Crippen LogP contribution < -0.4 is 5.73 Å². The molecule has 3 fully saturated rings. The standard InChI is InChI=1S/C23H31NO4/c24-21(27)17-5-4-15-11-18-14(10-13-2-1-3-13)6-8-22(19(15)20(17)26)12-16(25)7-9-23(18,22)28/h4-5,13-14,16,18,25-26,28H,1-3,6-12H2,(H2,24,27)/t14?,16?,18-,22+,23+/m0/s1. The van der Waals surface area contributed by atoms with E-state index in [1.807, 2.05) is 6.07 Å². The van der Waals surface area contributed by atoms with Crippen molar-refractivity contribution >= 4 is 5.91 Å². The summed E-state index contributed by atoms with van der Waals surface area (Å²) in [6.07, 6.45) is 8.72. The van der Waals surface area contributed by atoms with Crippen molar-refractivity contribution in [3.8, 4) is 5.75 Å². The molecule has 5 N–H and O–H groups in total. The zero-order valence-electron chi connectivity index (χ0n) is 16.4. The van der Waals surface area contributed by atoms with Gasteiger partial charge in [-0.3, -0.25) is 4.79 Å². The maximum Gasteiger partial charge on any atom is 0.252 e. The normalized spacial score (nSPS) is 39.6. The van der Waals surface area contributed by atoms with Gasteiger partial charge in [0.1, 0.15) is 5.75 Å². The van der Waals surface area contributed by atoms with E-state index >= 15 is 0 Å². The van der Waals surface area contributed by atoms with Crippen LogP contribution in [0.25, 0.3) is 0 Å². The number of benzene rings is 1. The molecule has 0 spiro atoms. The Balaban J connectivity index is 1.65. The Morgan fingerprint density at radius 2 is 1.96 bits per heavy atom. The number of amides is 1. The number of aliphatic hydroxyl groups excluding tert-OH is 1. The monoisotopic (exact) mass is 385 g/mol. The Labute approximate surface area is 165 Å². The summed E-state index contributed by atoms with van der Waals surface area (Å²) in [4.78, 5) is 11.8. The van der Waals surface area contributed by atoms with E-state index in [1.165, 1.54) is 25.7 Å². The second-order valence-electron chi connectivity index (χ2n) is 9.91. The van der Waals surface area contributed by atoms with Crippen molar-refractivity contribution in [3.05, 3.63) is 28.8 Å². The molecule has 28 heavy (non-hydrogen) atoms. The lowest BCUT2D eigenvalue weighted by Gasteiger charge is -2.64. The molecule has 0 aliphatic heterocycles. The summed E-state index contributed by atoms with van der Waals surface area (Å²) < 4.78 is 0. The van der Waals surface area contributed by atoms with Gasteiger partial charge in [0.2, 0.25) is 0 Å². The van der Waals surface area contributed by atoms with Gasteiger partial charge in [-0.2, -0.15) is 0 Å². The van der Waals surface area contributed by atoms with Gasteiger partial charge in [-0.1, -0.05) is 25.3 Å². The summed E-state index contributed by atoms with van der Waals surface area (Å²) >= 11 is 0. The predicted octanol–water partition coefficient (Wildman–Crippen LogP) is 2.78. The minimum Gasteiger partial charge on any atom is -0.507 e. The first kappa shape index (κ1) is 18.4. The van der Waals surface area contributed by atoms with Crippen LogP contribution in [0, 0.1) is 17.8 Å². The molecular weight excluding hydrogens is 354 g/mol. The van der Waals surface area contributed by atoms with Crippen molar-refractivity contribution in [1.29, 1.82) is 0 Å². The van der Waals surface area contributed by atoms with Crippen LogP contribution in [0.5, 0.6) is 5.75 Å². The highest BCUT2D eigenvalue weighted by Crippen LogP contribution is 2.65. The molecule has 0 heterocycles. The van der Waals surface area contributed by atoms with Crippen LogP contribution in [0.3, 0.4) is 0 Å². The third-order valence-corrected chi connectivity index (χ3v) is 8.70. The van der Waals surface area contributed by atoms with Crippen molar-refractivity contribution < 1.29 is 20.1 Å². The second kappa shape index (κ2) is 6.20. The van der Waals surface area contributed by atoms with E-state index in [4.69, 9.17) is 5.73 Å². The number of primary amides is 1. The molecule has 2 unspecified atom stereocenters. The Morgan fingerprint density at radius 3 is 2.64 bits per heavy atom. The summed E-state index contributed by atoms with van der Waals surface area (Å²) in [6, 6.07) is 3.53. The fourth-order valence-electron chi connectivity index (χ4n) is 7.18. The first-order valence-corrected chi connectivity index (χ1v) is 10.9. The van der Waals surface area contributed by atoms with Crippen molar-refractivity contribution in [1.82, 2.24) is 0 Å². The molecule has 1 amide bonds. The van der Waals surface area contributed by atoms with E-state index < -0.39 is 23.0 Å². The number of aliphatic hydroxyl groups is 2. The summed E-state index contributed by atoms with van der Waals surface area (Å²) in [5.41, 5.74) is 5.69. The summed E-state index contributed by atoms with van der Waals surface area (Å²) in [5.74, 6) is 0.707. The lowest BCUT2D eigenvalue weighted by molar-refractivity contribution is -0.185. The number of carbonyl (C=O) groups excluding carboxylic acids is 1. The maximum absolute atomic E-state index is 12.1. The van der Waals surface area contributed by atoms with Crippen LogP contribution in [0.4, 0.5) is 0 Å². The van der Waals surface area contributed by atoms with Crippen LogP contribution in [0.2, 0.25) is 0 Å². The van der Waals surface area contributed by atoms with Crippen LogP contribution in [-0.2, 0) is 11.8 Å². The van der Waals surface area contributed by atoms with Gasteiger partial charge in [0.15, 0.2) is 0 Å². The zero-order valence-corrected chi connectivity index (χ0v) is 16.4. The molecule has 1 aromatic carbocycles. The molecule has 0 radical (unpaired) electrons. The van der Waals surface area contributed by atoms with Gasteiger partial charge >= 0.3 is 0 Å². The Morgan fingerprint density at radius 1 is 1.18 bits per heavy atom. The Kier molecular flexibility index (Phi) is 4.08. The lowest BCUT2D eigenvalue weighted by atomic mass is 9.43. The summed E-state index contributed by atoms with van der Waals surface area (Å²) in [5, 5.41) is 33.7. The molecule has 0 aromatic heterocycles. The Bertz CT molecular complexity index is 819. The minimum absolute atomic E-state index is 0.0755. The van der Waals surface area contributed by atoms with Crippen LogP contribution in [0.1, 0.15) is 79.3 Å². The minimum atomic E-state index is -0.931. The smallest absolute Gasteiger partial charge is 0.252 e. The first-order chi connectivity index (χ1) is 13.4. The van der Waals surface area contributed by atoms with Gasteiger partial charge < -0.3 is 21.1 Å². The second-order valence-corrected chi connectivity index (χ2v) is 9.91. The third kappa shape index (κ3) is 2.35. The Hall–Kier alpha value is -1.59. The highest BCUT2D eigenvalue weighted by atomic mass is 16.3. The number of hydrogen-bond acceptors (Lipinski definition) is 4. The number of aromatic hydroxyl groups is 1. The molecule has 5 nitrogen and oxygen atoms in total. The fourth-order valence-corrected chi connectivity index (χ4v) is 7.18. The van der Waals surface area contributed by atoms with E-state index in [9.17, 15) is 20.1 Å². The number of rotatable bonds is 3. The van der Waals surface area contributed by atoms with Crippen LogP contribution in [0.15, 0.2) is 12.1 Å². The summed E-state index contributed by atoms with van der Waals surface area (Å²) in [7, 11) is 0. The van der Waals surface area contributed by atoms with E-state index in [0.717, 1.165) is 30.7 Å². The van der Waals surface area contributed by atoms with Crippen LogP contribution in [-0.4, -0.2) is 32.9 Å². The molecule has 5 heteroatoms. The molecule has 5 atom stereocenters. The van der Waals surface area contributed by atoms with Crippen molar-refractivity contribution in [3.63, 3.8) is 0 Å². The number of phenols is 1. The molecule has 2 bridgehead atoms. The molecule has 152 valence electrons. The molecule has 4 aliphatic rings. The van der Waals surface area contributed by atoms with Crippen molar-refractivity contribution in [2.24, 2.45) is 23.5 Å². The number of nitrogens with two attached hydrogens (primary N) is 1. The molecular formula is C23H31NO4. The molecule has 1 aromatic rings. The van der Waals surface area contributed by atoms with Crippen molar-refractivity contribution in [2.75, 3.05) is 0 Å². The fraction of sp³-hybridized carbons (Fsp3) is 0.696. The van der Waals surface area contributed by atoms with Gasteiger partial charge in [0.05, 0.1) is 17.3 Å². The van der Waals surface area contributed by atoms with Crippen LogP contribution >= 0.6 is 0 Å².